The predicted molar refractivity (Wildman–Crippen MR) is 92.1 cm³/mol. The largest absolute Gasteiger partial charge is 0.481 e. The third-order valence-electron chi connectivity index (χ3n) is 4.51. The van der Waals surface area contributed by atoms with Crippen LogP contribution in [0.4, 0.5) is 0 Å². The molecule has 0 spiro atoms. The molecule has 0 aromatic rings. The molecule has 5 atom stereocenters. The fourth-order valence-corrected chi connectivity index (χ4v) is 3.04. The summed E-state index contributed by atoms with van der Waals surface area (Å²) in [4.78, 5) is 10.5. The van der Waals surface area contributed by atoms with Crippen molar-refractivity contribution in [3.05, 3.63) is 24.3 Å². The average Bonchev–Trinajstić information content (AvgIpc) is 2.83. The van der Waals surface area contributed by atoms with Crippen LogP contribution in [-0.2, 0) is 14.3 Å². The molecular weight excluding hydrogens is 295 g/mol. The number of aliphatic carboxylic acids is 1. The van der Waals surface area contributed by atoms with Crippen LogP contribution < -0.4 is 0 Å². The van der Waals surface area contributed by atoms with Crippen molar-refractivity contribution < 1.29 is 24.5 Å². The summed E-state index contributed by atoms with van der Waals surface area (Å²) in [6.45, 7) is 0. The summed E-state index contributed by atoms with van der Waals surface area (Å²) in [7, 11) is 5.33. The summed E-state index contributed by atoms with van der Waals surface area (Å²) >= 11 is 0. The van der Waals surface area contributed by atoms with Crippen LogP contribution in [0.3, 0.4) is 0 Å². The predicted octanol–water partition coefficient (Wildman–Crippen LogP) is 1.36. The Balaban J connectivity index is 2.56. The number of allylic oxidation sites excluding steroid dienone is 2. The Hall–Kier alpha value is -1.11. The van der Waals surface area contributed by atoms with Crippen LogP contribution in [0.15, 0.2) is 24.3 Å². The molecule has 5 nitrogen and oxygen atoms in total. The second-order valence-electron chi connectivity index (χ2n) is 6.14. The molecule has 1 rings (SSSR count). The van der Waals surface area contributed by atoms with Gasteiger partial charge >= 0.3 is 5.97 Å². The van der Waals surface area contributed by atoms with Gasteiger partial charge in [0.15, 0.2) is 0 Å². The van der Waals surface area contributed by atoms with Crippen LogP contribution in [0, 0.1) is 11.8 Å². The molecule has 0 heterocycles. The van der Waals surface area contributed by atoms with Crippen molar-refractivity contribution in [3.63, 3.8) is 0 Å². The van der Waals surface area contributed by atoms with Crippen LogP contribution in [0.5, 0.6) is 0 Å². The van der Waals surface area contributed by atoms with Crippen molar-refractivity contribution in [3.8, 4) is 0 Å². The summed E-state index contributed by atoms with van der Waals surface area (Å²) < 4.78 is 10.8. The Bertz CT molecular complexity index is 410. The maximum Gasteiger partial charge on any atom is 0.303 e. The van der Waals surface area contributed by atoms with E-state index in [1.165, 1.54) is 0 Å². The van der Waals surface area contributed by atoms with Crippen LogP contribution in [0.25, 0.3) is 0 Å². The van der Waals surface area contributed by atoms with E-state index in [0.717, 1.165) is 12.8 Å². The number of hydrogen-bond donors (Lipinski definition) is 2. The number of methoxy groups -OCH3 is 2. The lowest BCUT2D eigenvalue weighted by Crippen LogP contribution is -2.21. The highest BCUT2D eigenvalue weighted by atomic mass is 16.5. The van der Waals surface area contributed by atoms with Crippen molar-refractivity contribution in [2.45, 2.75) is 50.3 Å². The van der Waals surface area contributed by atoms with Gasteiger partial charge in [-0.2, -0.15) is 0 Å². The number of unbranched alkanes of at least 4 members (excludes halogenated alkanes) is 1. The molecule has 0 aromatic heterocycles. The Labute approximate surface area is 139 Å². The molecule has 0 saturated heterocycles. The number of carboxylic acid groups (broad SMARTS) is 1. The lowest BCUT2D eigenvalue weighted by Gasteiger charge is -2.21. The maximum atomic E-state index is 10.5. The van der Waals surface area contributed by atoms with Gasteiger partial charge < -0.3 is 19.7 Å². The first-order valence-corrected chi connectivity index (χ1v) is 8.28. The smallest absolute Gasteiger partial charge is 0.303 e. The van der Waals surface area contributed by atoms with Crippen LogP contribution in [0.2, 0.25) is 0 Å². The molecule has 6 heteroatoms. The van der Waals surface area contributed by atoms with E-state index in [0.29, 0.717) is 12.8 Å². The van der Waals surface area contributed by atoms with Crippen molar-refractivity contribution in [2.75, 3.05) is 14.2 Å². The minimum atomic E-state index is -0.759. The molecule has 1 aliphatic rings. The second-order valence-corrected chi connectivity index (χ2v) is 6.14. The number of aliphatic hydroxyl groups excluding tert-OH is 1. The number of hydrogen-bond acceptors (Lipinski definition) is 4. The first-order chi connectivity index (χ1) is 11.0. The Morgan fingerprint density at radius 1 is 1.39 bits per heavy atom. The minimum absolute atomic E-state index is 0.0238. The van der Waals surface area contributed by atoms with Gasteiger partial charge in [-0.15, -0.1) is 0 Å². The van der Waals surface area contributed by atoms with Gasteiger partial charge in [0, 0.05) is 39.0 Å². The van der Waals surface area contributed by atoms with Crippen LogP contribution >= 0.6 is 0 Å². The van der Waals surface area contributed by atoms with E-state index in [1.807, 2.05) is 26.1 Å². The summed E-state index contributed by atoms with van der Waals surface area (Å²) in [5.41, 5.74) is 0. The van der Waals surface area contributed by atoms with Crippen LogP contribution in [0.1, 0.15) is 32.1 Å². The lowest BCUT2D eigenvalue weighted by atomic mass is 9.88. The van der Waals surface area contributed by atoms with Crippen molar-refractivity contribution in [1.82, 2.24) is 0 Å². The normalized spacial score (nSPS) is 29.5. The zero-order valence-electron chi connectivity index (χ0n) is 14.4. The molecule has 0 amide bonds. The Kier molecular flexibility index (Phi) is 9.21. The van der Waals surface area contributed by atoms with E-state index in [2.05, 4.69) is 6.08 Å². The van der Waals surface area contributed by atoms with Gasteiger partial charge in [-0.3, -0.25) is 4.79 Å². The zero-order chi connectivity index (χ0) is 17.2. The standard InChI is InChI=1S/C17H29BO5/c1-22-15-11-14(19)12(13(15)9-10-16(18)23-2)7-5-3-4-6-8-17(20)21/h3,5,9-10,12-16,19H,4,6-8,11,18H2,1-2H3,(H,20,21)/b5-3-,10-9+/t12-,13-,14?,15-,16?/m1/s1. The fourth-order valence-electron chi connectivity index (χ4n) is 3.04. The molecule has 0 aromatic carbocycles. The molecule has 2 N–H and O–H groups in total. The highest BCUT2D eigenvalue weighted by molar-refractivity contribution is 6.12. The van der Waals surface area contributed by atoms with E-state index >= 15 is 0 Å². The average molecular weight is 324 g/mol. The quantitative estimate of drug-likeness (QED) is 0.360. The van der Waals surface area contributed by atoms with Gasteiger partial charge in [-0.1, -0.05) is 24.3 Å². The molecule has 130 valence electrons. The third kappa shape index (κ3) is 6.89. The van der Waals surface area contributed by atoms with Crippen molar-refractivity contribution >= 4 is 13.8 Å². The maximum absolute atomic E-state index is 10.5. The Morgan fingerprint density at radius 2 is 2.13 bits per heavy atom. The van der Waals surface area contributed by atoms with Gasteiger partial charge in [0.2, 0.25) is 0 Å². The monoisotopic (exact) mass is 324 g/mol. The molecule has 1 aliphatic carbocycles. The Morgan fingerprint density at radius 3 is 2.74 bits per heavy atom. The van der Waals surface area contributed by atoms with E-state index < -0.39 is 5.97 Å². The lowest BCUT2D eigenvalue weighted by molar-refractivity contribution is -0.137. The molecule has 23 heavy (non-hydrogen) atoms. The van der Waals surface area contributed by atoms with E-state index in [9.17, 15) is 9.90 Å². The molecule has 0 bridgehead atoms. The number of carboxylic acids is 1. The zero-order valence-corrected chi connectivity index (χ0v) is 14.4. The summed E-state index contributed by atoms with van der Waals surface area (Å²) in [6.07, 6.45) is 10.8. The molecule has 1 fully saturated rings. The summed E-state index contributed by atoms with van der Waals surface area (Å²) in [6, 6.07) is 0.0393. The SMILES string of the molecule is BC(/C=C/[C@H]1[C@H](OC)CC(O)[C@@H]1C/C=C\CCCC(=O)O)OC. The van der Waals surface area contributed by atoms with Gasteiger partial charge in [0.05, 0.1) is 12.2 Å². The minimum Gasteiger partial charge on any atom is -0.481 e. The highest BCUT2D eigenvalue weighted by Gasteiger charge is 2.40. The number of carbonyl (C=O) groups is 1. The number of aliphatic hydroxyl groups is 1. The van der Waals surface area contributed by atoms with Crippen molar-refractivity contribution in [1.29, 1.82) is 0 Å². The molecule has 2 unspecified atom stereocenters. The third-order valence-corrected chi connectivity index (χ3v) is 4.51. The molecule has 0 aliphatic heterocycles. The van der Waals surface area contributed by atoms with E-state index in [4.69, 9.17) is 14.6 Å². The van der Waals surface area contributed by atoms with Gasteiger partial charge in [-0.05, 0) is 25.2 Å². The summed E-state index contributed by atoms with van der Waals surface area (Å²) in [5, 5.41) is 18.9. The van der Waals surface area contributed by atoms with Crippen molar-refractivity contribution in [2.24, 2.45) is 11.8 Å². The van der Waals surface area contributed by atoms with Gasteiger partial charge in [-0.25, -0.2) is 0 Å². The molecule has 0 radical (unpaired) electrons. The van der Waals surface area contributed by atoms with Gasteiger partial charge in [0.1, 0.15) is 7.85 Å². The summed E-state index contributed by atoms with van der Waals surface area (Å²) in [5.74, 6) is -0.475. The molecule has 1 saturated carbocycles. The fraction of sp³-hybridized carbons (Fsp3) is 0.706. The second kappa shape index (κ2) is 10.6. The number of ether oxygens (including phenoxy) is 2. The van der Waals surface area contributed by atoms with Crippen LogP contribution in [-0.4, -0.2) is 56.5 Å². The first kappa shape index (κ1) is 19.9. The highest BCUT2D eigenvalue weighted by Crippen LogP contribution is 2.37. The topological polar surface area (TPSA) is 76.0 Å². The molecular formula is C17H29BO5. The van der Waals surface area contributed by atoms with E-state index in [1.54, 1.807) is 14.2 Å². The number of rotatable bonds is 10. The van der Waals surface area contributed by atoms with E-state index in [-0.39, 0.29) is 36.5 Å². The first-order valence-electron chi connectivity index (χ1n) is 8.28. The van der Waals surface area contributed by atoms with Gasteiger partial charge in [0.25, 0.3) is 0 Å².